The van der Waals surface area contributed by atoms with E-state index in [1.165, 1.54) is 25.3 Å². The molecule has 2 aromatic rings. The second-order valence-corrected chi connectivity index (χ2v) is 6.16. The van der Waals surface area contributed by atoms with Crippen molar-refractivity contribution in [1.29, 1.82) is 0 Å². The lowest BCUT2D eigenvalue weighted by Gasteiger charge is -2.13. The van der Waals surface area contributed by atoms with E-state index in [9.17, 15) is 22.8 Å². The standard InChI is InChI=1S/C21H17F3N2O3/c1-3-11-26-19(27)17(15-9-4-5-10-16(15)29-2)18(20(26)28)25-14-8-6-7-13(12-14)21(22,23)24/h3-10,12,25H,1,11H2,2H3. The number of amides is 2. The average Bonchev–Trinajstić information content (AvgIpc) is 2.92. The lowest BCUT2D eigenvalue weighted by atomic mass is 10.0. The van der Waals surface area contributed by atoms with Crippen molar-refractivity contribution in [2.75, 3.05) is 19.0 Å². The number of carbonyl (C=O) groups is 2. The molecule has 1 aliphatic rings. The molecule has 1 heterocycles. The molecule has 0 saturated carbocycles. The van der Waals surface area contributed by atoms with Crippen LogP contribution in [0.5, 0.6) is 5.75 Å². The van der Waals surface area contributed by atoms with E-state index >= 15 is 0 Å². The average molecular weight is 402 g/mol. The van der Waals surface area contributed by atoms with E-state index in [-0.39, 0.29) is 23.5 Å². The van der Waals surface area contributed by atoms with Crippen LogP contribution in [0.25, 0.3) is 5.57 Å². The van der Waals surface area contributed by atoms with Crippen LogP contribution in [-0.2, 0) is 15.8 Å². The zero-order valence-corrected chi connectivity index (χ0v) is 15.4. The highest BCUT2D eigenvalue weighted by atomic mass is 19.4. The first-order valence-corrected chi connectivity index (χ1v) is 8.57. The highest BCUT2D eigenvalue weighted by Crippen LogP contribution is 2.36. The molecule has 0 aromatic heterocycles. The molecule has 5 nitrogen and oxygen atoms in total. The number of methoxy groups -OCH3 is 1. The topological polar surface area (TPSA) is 58.6 Å². The smallest absolute Gasteiger partial charge is 0.416 e. The number of nitrogens with zero attached hydrogens (tertiary/aromatic N) is 1. The van der Waals surface area contributed by atoms with Crippen molar-refractivity contribution in [1.82, 2.24) is 4.90 Å². The predicted molar refractivity (Wildman–Crippen MR) is 102 cm³/mol. The molecule has 0 aliphatic carbocycles. The molecule has 2 aromatic carbocycles. The van der Waals surface area contributed by atoms with Crippen LogP contribution in [0, 0.1) is 0 Å². The van der Waals surface area contributed by atoms with Gasteiger partial charge in [0.05, 0.1) is 18.2 Å². The minimum absolute atomic E-state index is 0.0201. The van der Waals surface area contributed by atoms with E-state index in [1.807, 2.05) is 0 Å². The van der Waals surface area contributed by atoms with Crippen molar-refractivity contribution >= 4 is 23.1 Å². The third-order valence-corrected chi connectivity index (χ3v) is 4.32. The molecule has 0 fully saturated rings. The Morgan fingerprint density at radius 3 is 2.48 bits per heavy atom. The van der Waals surface area contributed by atoms with Gasteiger partial charge in [-0.25, -0.2) is 0 Å². The first-order valence-electron chi connectivity index (χ1n) is 8.57. The largest absolute Gasteiger partial charge is 0.496 e. The van der Waals surface area contributed by atoms with Crippen molar-refractivity contribution in [3.8, 4) is 5.75 Å². The number of halogens is 3. The molecular weight excluding hydrogens is 385 g/mol. The lowest BCUT2D eigenvalue weighted by molar-refractivity contribution is -0.138. The molecular formula is C21H17F3N2O3. The zero-order valence-electron chi connectivity index (χ0n) is 15.4. The number of ether oxygens (including phenoxy) is 1. The van der Waals surface area contributed by atoms with Gasteiger partial charge in [0.1, 0.15) is 11.4 Å². The summed E-state index contributed by atoms with van der Waals surface area (Å²) >= 11 is 0. The summed E-state index contributed by atoms with van der Waals surface area (Å²) in [6.45, 7) is 3.50. The van der Waals surface area contributed by atoms with Crippen LogP contribution in [0.15, 0.2) is 66.9 Å². The van der Waals surface area contributed by atoms with Gasteiger partial charge in [-0.2, -0.15) is 13.2 Å². The maximum Gasteiger partial charge on any atom is 0.416 e. The molecule has 1 N–H and O–H groups in total. The summed E-state index contributed by atoms with van der Waals surface area (Å²) in [5.74, 6) is -0.894. The Hall–Kier alpha value is -3.55. The maximum absolute atomic E-state index is 13.0. The number of nitrogens with one attached hydrogen (secondary N) is 1. The van der Waals surface area contributed by atoms with Crippen molar-refractivity contribution in [2.24, 2.45) is 0 Å². The van der Waals surface area contributed by atoms with Crippen LogP contribution in [0.2, 0.25) is 0 Å². The second kappa shape index (κ2) is 7.83. The Bertz CT molecular complexity index is 1010. The molecule has 0 spiro atoms. The summed E-state index contributed by atoms with van der Waals surface area (Å²) in [6, 6.07) is 11.0. The van der Waals surface area contributed by atoms with E-state index in [1.54, 1.807) is 24.3 Å². The molecule has 8 heteroatoms. The summed E-state index contributed by atoms with van der Waals surface area (Å²) in [4.78, 5) is 26.7. The maximum atomic E-state index is 13.0. The lowest BCUT2D eigenvalue weighted by Crippen LogP contribution is -2.32. The van der Waals surface area contributed by atoms with Gasteiger partial charge in [-0.15, -0.1) is 6.58 Å². The number of carbonyl (C=O) groups excluding carboxylic acids is 2. The molecule has 0 radical (unpaired) electrons. The Morgan fingerprint density at radius 2 is 1.83 bits per heavy atom. The van der Waals surface area contributed by atoms with Gasteiger partial charge in [-0.05, 0) is 24.3 Å². The predicted octanol–water partition coefficient (Wildman–Crippen LogP) is 4.09. The number of imide groups is 1. The second-order valence-electron chi connectivity index (χ2n) is 6.16. The van der Waals surface area contributed by atoms with Crippen LogP contribution in [0.3, 0.4) is 0 Å². The molecule has 0 atom stereocenters. The van der Waals surface area contributed by atoms with Crippen LogP contribution in [0.1, 0.15) is 11.1 Å². The number of hydrogen-bond acceptors (Lipinski definition) is 4. The number of hydrogen-bond donors (Lipinski definition) is 1. The number of para-hydroxylation sites is 1. The minimum Gasteiger partial charge on any atom is -0.496 e. The quantitative estimate of drug-likeness (QED) is 0.584. The Kier molecular flexibility index (Phi) is 5.45. The number of alkyl halides is 3. The van der Waals surface area contributed by atoms with Crippen LogP contribution < -0.4 is 10.1 Å². The SMILES string of the molecule is C=CCN1C(=O)C(Nc2cccc(C(F)(F)F)c2)=C(c2ccccc2OC)C1=O. The van der Waals surface area contributed by atoms with E-state index < -0.39 is 23.6 Å². The number of rotatable bonds is 6. The first kappa shape index (κ1) is 20.2. The van der Waals surface area contributed by atoms with Crippen molar-refractivity contribution in [2.45, 2.75) is 6.18 Å². The third kappa shape index (κ3) is 3.87. The van der Waals surface area contributed by atoms with Crippen LogP contribution >= 0.6 is 0 Å². The van der Waals surface area contributed by atoms with E-state index in [0.717, 1.165) is 17.0 Å². The van der Waals surface area contributed by atoms with Gasteiger partial charge in [0.25, 0.3) is 11.8 Å². The van der Waals surface area contributed by atoms with Crippen LogP contribution in [0.4, 0.5) is 18.9 Å². The van der Waals surface area contributed by atoms with Crippen LogP contribution in [-0.4, -0.2) is 30.4 Å². The van der Waals surface area contributed by atoms with Gasteiger partial charge in [0, 0.05) is 17.8 Å². The molecule has 2 amide bonds. The number of benzene rings is 2. The molecule has 0 unspecified atom stereocenters. The van der Waals surface area contributed by atoms with Gasteiger partial charge in [0.2, 0.25) is 0 Å². The summed E-state index contributed by atoms with van der Waals surface area (Å²) in [6.07, 6.45) is -3.15. The van der Waals surface area contributed by atoms with E-state index in [0.29, 0.717) is 11.3 Å². The molecule has 0 saturated heterocycles. The van der Waals surface area contributed by atoms with Crippen molar-refractivity contribution in [3.63, 3.8) is 0 Å². The fraction of sp³-hybridized carbons (Fsp3) is 0.143. The minimum atomic E-state index is -4.54. The fourth-order valence-corrected chi connectivity index (χ4v) is 3.01. The normalized spacial score (nSPS) is 14.4. The summed E-state index contributed by atoms with van der Waals surface area (Å²) in [5.41, 5.74) is -0.590. The third-order valence-electron chi connectivity index (χ3n) is 4.32. The monoisotopic (exact) mass is 402 g/mol. The molecule has 1 aliphatic heterocycles. The molecule has 150 valence electrons. The fourth-order valence-electron chi connectivity index (χ4n) is 3.01. The summed E-state index contributed by atoms with van der Waals surface area (Å²) in [5, 5.41) is 2.70. The molecule has 29 heavy (non-hydrogen) atoms. The number of anilines is 1. The van der Waals surface area contributed by atoms with Gasteiger partial charge in [-0.3, -0.25) is 14.5 Å². The van der Waals surface area contributed by atoms with E-state index in [2.05, 4.69) is 11.9 Å². The Morgan fingerprint density at radius 1 is 1.10 bits per heavy atom. The summed E-state index contributed by atoms with van der Waals surface area (Å²) < 4.78 is 44.4. The summed E-state index contributed by atoms with van der Waals surface area (Å²) in [7, 11) is 1.42. The van der Waals surface area contributed by atoms with E-state index in [4.69, 9.17) is 4.74 Å². The Balaban J connectivity index is 2.13. The zero-order chi connectivity index (χ0) is 21.2. The van der Waals surface area contributed by atoms with Crippen molar-refractivity contribution in [3.05, 3.63) is 78.0 Å². The van der Waals surface area contributed by atoms with Gasteiger partial charge in [-0.1, -0.05) is 30.3 Å². The van der Waals surface area contributed by atoms with Gasteiger partial charge in [0.15, 0.2) is 0 Å². The highest BCUT2D eigenvalue weighted by molar-refractivity contribution is 6.37. The highest BCUT2D eigenvalue weighted by Gasteiger charge is 2.40. The molecule has 0 bridgehead atoms. The first-order chi connectivity index (χ1) is 13.8. The van der Waals surface area contributed by atoms with Gasteiger partial charge >= 0.3 is 6.18 Å². The molecule has 3 rings (SSSR count). The Labute approximate surface area is 165 Å². The van der Waals surface area contributed by atoms with Gasteiger partial charge < -0.3 is 10.1 Å². The van der Waals surface area contributed by atoms with Crippen molar-refractivity contribution < 1.29 is 27.5 Å².